The summed E-state index contributed by atoms with van der Waals surface area (Å²) in [5.74, 6) is 0. The van der Waals surface area contributed by atoms with Crippen LogP contribution in [0.4, 0.5) is 5.69 Å². The fourth-order valence-electron chi connectivity index (χ4n) is 1.42. The molecule has 1 heterocycles. The Kier molecular flexibility index (Phi) is 3.05. The van der Waals surface area contributed by atoms with Gasteiger partial charge in [0.05, 0.1) is 19.1 Å². The Hall–Kier alpha value is -1.74. The molecule has 0 unspecified atom stereocenters. The molecule has 3 nitrogen and oxygen atoms in total. The van der Waals surface area contributed by atoms with Gasteiger partial charge >= 0.3 is 0 Å². The fraction of sp³-hybridized carbons (Fsp3) is 0.167. The summed E-state index contributed by atoms with van der Waals surface area (Å²) in [7, 11) is 0. The van der Waals surface area contributed by atoms with Gasteiger partial charge in [-0.2, -0.15) is 0 Å². The molecule has 78 valence electrons. The van der Waals surface area contributed by atoms with Gasteiger partial charge in [0.1, 0.15) is 0 Å². The largest absolute Gasteiger partial charge is 0.472 e. The van der Waals surface area contributed by atoms with E-state index in [-0.39, 0.29) is 6.61 Å². The number of para-hydroxylation sites is 1. The first-order valence-corrected chi connectivity index (χ1v) is 4.84. The number of anilines is 1. The second-order valence-corrected chi connectivity index (χ2v) is 3.30. The Balaban J connectivity index is 2.04. The normalized spacial score (nSPS) is 10.2. The Bertz CT molecular complexity index is 409. The highest BCUT2D eigenvalue weighted by Gasteiger charge is 2.00. The smallest absolute Gasteiger partial charge is 0.0952 e. The fourth-order valence-corrected chi connectivity index (χ4v) is 1.42. The molecule has 0 spiro atoms. The van der Waals surface area contributed by atoms with Crippen LogP contribution in [0.2, 0.25) is 0 Å². The van der Waals surface area contributed by atoms with Gasteiger partial charge in [-0.3, -0.25) is 0 Å². The van der Waals surface area contributed by atoms with Crippen molar-refractivity contribution < 1.29 is 9.52 Å². The summed E-state index contributed by atoms with van der Waals surface area (Å²) in [5.41, 5.74) is 2.95. The Morgan fingerprint density at radius 2 is 2.07 bits per heavy atom. The molecule has 0 bridgehead atoms. The maximum Gasteiger partial charge on any atom is 0.0952 e. The Labute approximate surface area is 88.4 Å². The molecule has 0 aliphatic heterocycles. The lowest BCUT2D eigenvalue weighted by atomic mass is 10.2. The van der Waals surface area contributed by atoms with Crippen LogP contribution in [0.25, 0.3) is 0 Å². The van der Waals surface area contributed by atoms with Crippen LogP contribution in [-0.4, -0.2) is 5.11 Å². The third-order valence-electron chi connectivity index (χ3n) is 2.25. The number of rotatable bonds is 4. The number of hydrogen-bond acceptors (Lipinski definition) is 3. The summed E-state index contributed by atoms with van der Waals surface area (Å²) in [4.78, 5) is 0. The molecular weight excluding hydrogens is 190 g/mol. The second kappa shape index (κ2) is 4.66. The van der Waals surface area contributed by atoms with Crippen molar-refractivity contribution in [3.63, 3.8) is 0 Å². The van der Waals surface area contributed by atoms with E-state index >= 15 is 0 Å². The molecule has 0 radical (unpaired) electrons. The van der Waals surface area contributed by atoms with Gasteiger partial charge in [0.25, 0.3) is 0 Å². The summed E-state index contributed by atoms with van der Waals surface area (Å²) < 4.78 is 4.97. The maximum absolute atomic E-state index is 9.12. The molecule has 0 aliphatic rings. The number of nitrogens with one attached hydrogen (secondary N) is 1. The summed E-state index contributed by atoms with van der Waals surface area (Å²) in [6.45, 7) is 0.752. The maximum atomic E-state index is 9.12. The monoisotopic (exact) mass is 203 g/mol. The van der Waals surface area contributed by atoms with Crippen LogP contribution in [0.1, 0.15) is 11.1 Å². The molecule has 1 aromatic carbocycles. The first kappa shape index (κ1) is 9.80. The molecule has 2 rings (SSSR count). The standard InChI is InChI=1S/C12H13NO2/c14-8-11-3-1-2-4-12(11)13-7-10-5-6-15-9-10/h1-6,9,13-14H,7-8H2. The number of furan rings is 1. The summed E-state index contributed by atoms with van der Waals surface area (Å²) in [5, 5.41) is 12.4. The van der Waals surface area contributed by atoms with E-state index in [1.54, 1.807) is 12.5 Å². The van der Waals surface area contributed by atoms with E-state index in [0.29, 0.717) is 6.54 Å². The van der Waals surface area contributed by atoms with Crippen LogP contribution in [0, 0.1) is 0 Å². The molecule has 0 aliphatic carbocycles. The Morgan fingerprint density at radius 3 is 2.80 bits per heavy atom. The van der Waals surface area contributed by atoms with Gasteiger partial charge in [0, 0.05) is 23.4 Å². The lowest BCUT2D eigenvalue weighted by Gasteiger charge is -2.08. The van der Waals surface area contributed by atoms with E-state index in [9.17, 15) is 0 Å². The van der Waals surface area contributed by atoms with Crippen molar-refractivity contribution >= 4 is 5.69 Å². The van der Waals surface area contributed by atoms with Crippen molar-refractivity contribution in [2.75, 3.05) is 5.32 Å². The highest BCUT2D eigenvalue weighted by atomic mass is 16.3. The SMILES string of the molecule is OCc1ccccc1NCc1ccoc1. The minimum Gasteiger partial charge on any atom is -0.472 e. The average Bonchev–Trinajstić information content (AvgIpc) is 2.79. The number of hydrogen-bond donors (Lipinski definition) is 2. The van der Waals surface area contributed by atoms with E-state index in [0.717, 1.165) is 16.8 Å². The zero-order valence-corrected chi connectivity index (χ0v) is 8.31. The van der Waals surface area contributed by atoms with Gasteiger partial charge in [0.2, 0.25) is 0 Å². The third kappa shape index (κ3) is 2.39. The predicted molar refractivity (Wildman–Crippen MR) is 58.4 cm³/mol. The minimum absolute atomic E-state index is 0.0502. The second-order valence-electron chi connectivity index (χ2n) is 3.30. The molecule has 3 heteroatoms. The van der Waals surface area contributed by atoms with E-state index in [1.807, 2.05) is 30.3 Å². The van der Waals surface area contributed by atoms with Crippen LogP contribution in [0.5, 0.6) is 0 Å². The first-order chi connectivity index (χ1) is 7.40. The molecule has 0 saturated carbocycles. The number of aliphatic hydroxyl groups excluding tert-OH is 1. The summed E-state index contributed by atoms with van der Waals surface area (Å²) in [6.07, 6.45) is 3.35. The average molecular weight is 203 g/mol. The van der Waals surface area contributed by atoms with E-state index in [2.05, 4.69) is 5.32 Å². The zero-order valence-electron chi connectivity index (χ0n) is 8.31. The van der Waals surface area contributed by atoms with Gasteiger partial charge in [-0.15, -0.1) is 0 Å². The number of aliphatic hydroxyl groups is 1. The third-order valence-corrected chi connectivity index (χ3v) is 2.25. The molecule has 15 heavy (non-hydrogen) atoms. The van der Waals surface area contributed by atoms with Crippen LogP contribution in [-0.2, 0) is 13.2 Å². The van der Waals surface area contributed by atoms with Crippen LogP contribution in [0.15, 0.2) is 47.3 Å². The Morgan fingerprint density at radius 1 is 1.20 bits per heavy atom. The first-order valence-electron chi connectivity index (χ1n) is 4.84. The molecular formula is C12H13NO2. The summed E-state index contributed by atoms with van der Waals surface area (Å²) in [6, 6.07) is 9.61. The minimum atomic E-state index is 0.0502. The summed E-state index contributed by atoms with van der Waals surface area (Å²) >= 11 is 0. The number of benzene rings is 1. The quantitative estimate of drug-likeness (QED) is 0.802. The highest BCUT2D eigenvalue weighted by Crippen LogP contribution is 2.15. The molecule has 0 amide bonds. The van der Waals surface area contributed by atoms with Gasteiger partial charge in [-0.25, -0.2) is 0 Å². The lowest BCUT2D eigenvalue weighted by molar-refractivity contribution is 0.282. The molecule has 0 saturated heterocycles. The molecule has 0 fully saturated rings. The van der Waals surface area contributed by atoms with Gasteiger partial charge in [-0.05, 0) is 12.1 Å². The van der Waals surface area contributed by atoms with Crippen molar-refractivity contribution in [2.45, 2.75) is 13.2 Å². The molecule has 2 aromatic rings. The van der Waals surface area contributed by atoms with Crippen LogP contribution in [0.3, 0.4) is 0 Å². The highest BCUT2D eigenvalue weighted by molar-refractivity contribution is 5.50. The zero-order chi connectivity index (χ0) is 10.5. The van der Waals surface area contributed by atoms with Crippen LogP contribution >= 0.6 is 0 Å². The van der Waals surface area contributed by atoms with Crippen LogP contribution < -0.4 is 5.32 Å². The van der Waals surface area contributed by atoms with Crippen molar-refractivity contribution in [1.29, 1.82) is 0 Å². The van der Waals surface area contributed by atoms with E-state index in [4.69, 9.17) is 9.52 Å². The molecule has 2 N–H and O–H groups in total. The van der Waals surface area contributed by atoms with Crippen molar-refractivity contribution in [3.05, 3.63) is 54.0 Å². The van der Waals surface area contributed by atoms with Gasteiger partial charge < -0.3 is 14.8 Å². The molecule has 1 aromatic heterocycles. The van der Waals surface area contributed by atoms with Crippen molar-refractivity contribution in [3.8, 4) is 0 Å². The van der Waals surface area contributed by atoms with Gasteiger partial charge in [0.15, 0.2) is 0 Å². The van der Waals surface area contributed by atoms with Crippen molar-refractivity contribution in [1.82, 2.24) is 0 Å². The van der Waals surface area contributed by atoms with Crippen molar-refractivity contribution in [2.24, 2.45) is 0 Å². The predicted octanol–water partition coefficient (Wildman–Crippen LogP) is 2.38. The van der Waals surface area contributed by atoms with E-state index in [1.165, 1.54) is 0 Å². The van der Waals surface area contributed by atoms with Gasteiger partial charge in [-0.1, -0.05) is 18.2 Å². The molecule has 0 atom stereocenters. The topological polar surface area (TPSA) is 45.4 Å². The van der Waals surface area contributed by atoms with E-state index < -0.39 is 0 Å². The lowest BCUT2D eigenvalue weighted by Crippen LogP contribution is -2.01.